The van der Waals surface area contributed by atoms with Crippen LogP contribution in [0.3, 0.4) is 0 Å². The third-order valence-electron chi connectivity index (χ3n) is 4.35. The Hall–Kier alpha value is -3.34. The number of fused-ring (bicyclic) bond motifs is 1. The summed E-state index contributed by atoms with van der Waals surface area (Å²) in [7, 11) is 0. The largest absolute Gasteiger partial charge is 0.347 e. The number of urea groups is 1. The lowest BCUT2D eigenvalue weighted by Crippen LogP contribution is -2.30. The second-order valence-electron chi connectivity index (χ2n) is 5.85. The van der Waals surface area contributed by atoms with Crippen LogP contribution in [-0.2, 0) is 11.3 Å². The highest BCUT2D eigenvalue weighted by Crippen LogP contribution is 2.26. The lowest BCUT2D eigenvalue weighted by atomic mass is 10.1. The first kappa shape index (κ1) is 15.2. The Bertz CT molecular complexity index is 1000. The van der Waals surface area contributed by atoms with Crippen molar-refractivity contribution in [3.8, 4) is 0 Å². The van der Waals surface area contributed by atoms with Crippen molar-refractivity contribution in [1.82, 2.24) is 9.88 Å². The third kappa shape index (κ3) is 2.50. The van der Waals surface area contributed by atoms with E-state index in [0.29, 0.717) is 5.69 Å². The molecule has 0 atom stereocenters. The maximum atomic E-state index is 12.7. The van der Waals surface area contributed by atoms with E-state index >= 15 is 0 Å². The van der Waals surface area contributed by atoms with Gasteiger partial charge in [0.2, 0.25) is 0 Å². The first-order valence-corrected chi connectivity index (χ1v) is 8.19. The van der Waals surface area contributed by atoms with Crippen LogP contribution in [0.2, 0.25) is 0 Å². The Morgan fingerprint density at radius 2 is 1.72 bits per heavy atom. The van der Waals surface area contributed by atoms with Crippen molar-refractivity contribution < 1.29 is 9.59 Å². The van der Waals surface area contributed by atoms with Crippen molar-refractivity contribution in [1.29, 1.82) is 0 Å². The van der Waals surface area contributed by atoms with Gasteiger partial charge in [0.1, 0.15) is 5.70 Å². The van der Waals surface area contributed by atoms with Crippen molar-refractivity contribution in [3.63, 3.8) is 0 Å². The molecule has 1 saturated heterocycles. The van der Waals surface area contributed by atoms with Crippen LogP contribution in [0.25, 0.3) is 17.0 Å². The Balaban J connectivity index is 1.76. The number of rotatable bonds is 3. The zero-order valence-corrected chi connectivity index (χ0v) is 13.8. The van der Waals surface area contributed by atoms with Crippen LogP contribution in [0, 0.1) is 0 Å². The highest BCUT2D eigenvalue weighted by Gasteiger charge is 2.34. The smallest absolute Gasteiger partial charge is 0.333 e. The Morgan fingerprint density at radius 3 is 2.48 bits per heavy atom. The number of imide groups is 1. The molecule has 25 heavy (non-hydrogen) atoms. The van der Waals surface area contributed by atoms with E-state index in [1.807, 2.05) is 36.5 Å². The van der Waals surface area contributed by atoms with Gasteiger partial charge in [-0.1, -0.05) is 36.4 Å². The molecule has 5 heteroatoms. The molecule has 0 bridgehead atoms. The zero-order chi connectivity index (χ0) is 17.4. The van der Waals surface area contributed by atoms with Gasteiger partial charge in [0.05, 0.1) is 5.69 Å². The molecule has 124 valence electrons. The second kappa shape index (κ2) is 5.94. The fourth-order valence-corrected chi connectivity index (χ4v) is 3.15. The second-order valence-corrected chi connectivity index (χ2v) is 5.85. The summed E-state index contributed by atoms with van der Waals surface area (Å²) in [6, 6.07) is 16.5. The summed E-state index contributed by atoms with van der Waals surface area (Å²) in [5, 5.41) is 3.73. The van der Waals surface area contributed by atoms with Gasteiger partial charge in [0.25, 0.3) is 5.91 Å². The van der Waals surface area contributed by atoms with Crippen LogP contribution in [-0.4, -0.2) is 16.5 Å². The summed E-state index contributed by atoms with van der Waals surface area (Å²) >= 11 is 0. The molecule has 4 rings (SSSR count). The van der Waals surface area contributed by atoms with Gasteiger partial charge in [-0.3, -0.25) is 4.79 Å². The first-order chi connectivity index (χ1) is 12.2. The molecule has 0 aliphatic carbocycles. The van der Waals surface area contributed by atoms with E-state index in [9.17, 15) is 9.59 Å². The number of para-hydroxylation sites is 2. The molecule has 2 aromatic carbocycles. The van der Waals surface area contributed by atoms with Crippen LogP contribution in [0.1, 0.15) is 12.5 Å². The van der Waals surface area contributed by atoms with Crippen LogP contribution < -0.4 is 10.2 Å². The van der Waals surface area contributed by atoms with Crippen LogP contribution in [0.5, 0.6) is 0 Å². The summed E-state index contributed by atoms with van der Waals surface area (Å²) in [5.41, 5.74) is 2.86. The van der Waals surface area contributed by atoms with Gasteiger partial charge in [-0.05, 0) is 31.2 Å². The fraction of sp³-hybridized carbons (Fsp3) is 0.100. The Kier molecular flexibility index (Phi) is 3.61. The van der Waals surface area contributed by atoms with Crippen molar-refractivity contribution >= 4 is 34.6 Å². The molecule has 2 heterocycles. The molecule has 0 unspecified atom stereocenters. The van der Waals surface area contributed by atoms with Gasteiger partial charge in [-0.25, -0.2) is 9.69 Å². The number of nitrogens with zero attached hydrogens (tertiary/aromatic N) is 2. The normalized spacial score (nSPS) is 16.0. The number of benzene rings is 2. The molecule has 1 fully saturated rings. The van der Waals surface area contributed by atoms with E-state index in [-0.39, 0.29) is 11.6 Å². The van der Waals surface area contributed by atoms with E-state index in [1.165, 1.54) is 0 Å². The highest BCUT2D eigenvalue weighted by molar-refractivity contribution is 6.28. The van der Waals surface area contributed by atoms with E-state index in [4.69, 9.17) is 0 Å². The summed E-state index contributed by atoms with van der Waals surface area (Å²) in [6.07, 6.45) is 3.75. The molecule has 5 nitrogen and oxygen atoms in total. The molecule has 1 aromatic heterocycles. The number of anilines is 1. The average Bonchev–Trinajstić information content (AvgIpc) is 3.13. The molecule has 1 N–H and O–H groups in total. The average molecular weight is 331 g/mol. The molecule has 0 spiro atoms. The summed E-state index contributed by atoms with van der Waals surface area (Å²) in [4.78, 5) is 26.1. The first-order valence-electron chi connectivity index (χ1n) is 8.19. The monoisotopic (exact) mass is 331 g/mol. The van der Waals surface area contributed by atoms with Crippen LogP contribution in [0.4, 0.5) is 10.5 Å². The van der Waals surface area contributed by atoms with Crippen molar-refractivity contribution in [2.45, 2.75) is 13.5 Å². The molecular formula is C20H17N3O2. The maximum absolute atomic E-state index is 12.7. The van der Waals surface area contributed by atoms with E-state index in [0.717, 1.165) is 27.9 Å². The minimum atomic E-state index is -0.429. The lowest BCUT2D eigenvalue weighted by molar-refractivity contribution is -0.113. The SMILES string of the molecule is CCn1cc(/C=C2/NC(=O)N(c3ccccc3)C2=O)c2ccccc21. The highest BCUT2D eigenvalue weighted by atomic mass is 16.2. The number of carbonyl (C=O) groups excluding carboxylic acids is 2. The number of hydrogen-bond acceptors (Lipinski definition) is 2. The minimum absolute atomic E-state index is 0.285. The van der Waals surface area contributed by atoms with Crippen molar-refractivity contribution in [3.05, 3.63) is 72.1 Å². The van der Waals surface area contributed by atoms with Gasteiger partial charge in [0.15, 0.2) is 0 Å². The topological polar surface area (TPSA) is 54.3 Å². The Morgan fingerprint density at radius 1 is 1.00 bits per heavy atom. The standard InChI is InChI=1S/C20H17N3O2/c1-2-22-13-14(16-10-6-7-11-18(16)22)12-17-19(24)23(20(25)21-17)15-8-4-3-5-9-15/h3-13H,2H2,1H3,(H,21,25)/b17-12+. The van der Waals surface area contributed by atoms with Gasteiger partial charge in [0, 0.05) is 29.2 Å². The Labute approximate surface area is 145 Å². The number of amides is 3. The summed E-state index contributed by atoms with van der Waals surface area (Å²) in [5.74, 6) is -0.343. The zero-order valence-electron chi connectivity index (χ0n) is 13.8. The molecule has 1 aliphatic rings. The van der Waals surface area contributed by atoms with Crippen LogP contribution in [0.15, 0.2) is 66.5 Å². The van der Waals surface area contributed by atoms with E-state index in [1.54, 1.807) is 30.3 Å². The van der Waals surface area contributed by atoms with Gasteiger partial charge in [-0.15, -0.1) is 0 Å². The molecule has 0 radical (unpaired) electrons. The number of hydrogen-bond donors (Lipinski definition) is 1. The van der Waals surface area contributed by atoms with Gasteiger partial charge < -0.3 is 9.88 Å². The minimum Gasteiger partial charge on any atom is -0.347 e. The molecular weight excluding hydrogens is 314 g/mol. The third-order valence-corrected chi connectivity index (χ3v) is 4.35. The predicted molar refractivity (Wildman–Crippen MR) is 98.0 cm³/mol. The number of aryl methyl sites for hydroxylation is 1. The summed E-state index contributed by atoms with van der Waals surface area (Å²) in [6.45, 7) is 2.91. The van der Waals surface area contributed by atoms with Gasteiger partial charge >= 0.3 is 6.03 Å². The predicted octanol–water partition coefficient (Wildman–Crippen LogP) is 3.76. The maximum Gasteiger partial charge on any atom is 0.333 e. The molecule has 3 amide bonds. The number of carbonyl (C=O) groups is 2. The summed E-state index contributed by atoms with van der Waals surface area (Å²) < 4.78 is 2.12. The van der Waals surface area contributed by atoms with Crippen molar-refractivity contribution in [2.75, 3.05) is 4.90 Å². The fourth-order valence-electron chi connectivity index (χ4n) is 3.15. The van der Waals surface area contributed by atoms with Crippen molar-refractivity contribution in [2.24, 2.45) is 0 Å². The van der Waals surface area contributed by atoms with E-state index in [2.05, 4.69) is 16.8 Å². The lowest BCUT2D eigenvalue weighted by Gasteiger charge is -2.10. The molecule has 0 saturated carbocycles. The molecule has 3 aromatic rings. The number of aromatic nitrogens is 1. The van der Waals surface area contributed by atoms with E-state index < -0.39 is 6.03 Å². The molecule has 1 aliphatic heterocycles. The van der Waals surface area contributed by atoms with Crippen LogP contribution >= 0.6 is 0 Å². The van der Waals surface area contributed by atoms with Gasteiger partial charge in [-0.2, -0.15) is 0 Å². The number of nitrogens with one attached hydrogen (secondary N) is 1. The quantitative estimate of drug-likeness (QED) is 0.587.